The first kappa shape index (κ1) is 22.5. The van der Waals surface area contributed by atoms with E-state index < -0.39 is 18.5 Å². The number of carbonyl (C=O) groups excluding carboxylic acids is 2. The number of rotatable bonds is 4. The summed E-state index contributed by atoms with van der Waals surface area (Å²) in [6.07, 6.45) is 7.64. The van der Waals surface area contributed by atoms with Gasteiger partial charge in [0.25, 0.3) is 5.91 Å². The molecule has 0 radical (unpaired) electrons. The Balaban J connectivity index is 1.35. The van der Waals surface area contributed by atoms with Crippen LogP contribution in [0.5, 0.6) is 0 Å². The van der Waals surface area contributed by atoms with Crippen LogP contribution in [0.15, 0.2) is 24.3 Å². The number of fused-ring (bicyclic) bond motifs is 3. The van der Waals surface area contributed by atoms with E-state index in [1.807, 2.05) is 24.3 Å². The maximum absolute atomic E-state index is 13.2. The Kier molecular flexibility index (Phi) is 6.34. The van der Waals surface area contributed by atoms with Gasteiger partial charge in [0.1, 0.15) is 11.1 Å². The van der Waals surface area contributed by atoms with E-state index >= 15 is 0 Å². The van der Waals surface area contributed by atoms with Crippen LogP contribution in [0, 0.1) is 17.2 Å². The van der Waals surface area contributed by atoms with E-state index in [4.69, 9.17) is 9.72 Å². The van der Waals surface area contributed by atoms with Crippen LogP contribution in [0.1, 0.15) is 70.2 Å². The number of pyridine rings is 1. The van der Waals surface area contributed by atoms with Gasteiger partial charge in [0.2, 0.25) is 0 Å². The van der Waals surface area contributed by atoms with E-state index in [1.165, 1.54) is 16.2 Å². The predicted octanol–water partition coefficient (Wildman–Crippen LogP) is 5.36. The third-order valence-corrected chi connectivity index (χ3v) is 8.00. The maximum Gasteiger partial charge on any atom is 0.339 e. The summed E-state index contributed by atoms with van der Waals surface area (Å²) in [6.45, 7) is 1.81. The number of para-hydroxylation sites is 1. The first-order valence-electron chi connectivity index (χ1n) is 12.0. The van der Waals surface area contributed by atoms with Crippen LogP contribution in [-0.2, 0) is 35.2 Å². The van der Waals surface area contributed by atoms with Gasteiger partial charge in [0.15, 0.2) is 6.61 Å². The van der Waals surface area contributed by atoms with Crippen molar-refractivity contribution < 1.29 is 14.3 Å². The molecule has 6 nitrogen and oxygen atoms in total. The molecule has 0 saturated heterocycles. The number of nitriles is 1. The molecule has 3 aromatic rings. The molecular formula is C27H27N3O3S. The molecule has 0 fully saturated rings. The average molecular weight is 474 g/mol. The zero-order valence-electron chi connectivity index (χ0n) is 19.3. The van der Waals surface area contributed by atoms with Gasteiger partial charge in [-0.25, -0.2) is 4.79 Å². The van der Waals surface area contributed by atoms with Crippen molar-refractivity contribution in [2.45, 2.75) is 58.3 Å². The van der Waals surface area contributed by atoms with Gasteiger partial charge in [-0.15, -0.1) is 11.3 Å². The summed E-state index contributed by atoms with van der Waals surface area (Å²) in [4.78, 5) is 31.9. The average Bonchev–Trinajstić information content (AvgIpc) is 2.99. The highest BCUT2D eigenvalue weighted by molar-refractivity contribution is 7.16. The monoisotopic (exact) mass is 473 g/mol. The first-order valence-corrected chi connectivity index (χ1v) is 12.8. The highest BCUT2D eigenvalue weighted by Gasteiger charge is 2.26. The Bertz CT molecular complexity index is 1320. The van der Waals surface area contributed by atoms with Crippen molar-refractivity contribution in [3.63, 3.8) is 0 Å². The van der Waals surface area contributed by atoms with E-state index in [0.717, 1.165) is 79.1 Å². The van der Waals surface area contributed by atoms with Crippen molar-refractivity contribution in [2.75, 3.05) is 11.9 Å². The highest BCUT2D eigenvalue weighted by atomic mass is 32.1. The molecule has 7 heteroatoms. The Morgan fingerprint density at radius 3 is 2.85 bits per heavy atom. The summed E-state index contributed by atoms with van der Waals surface area (Å²) >= 11 is 1.47. The van der Waals surface area contributed by atoms with Crippen LogP contribution in [0.4, 0.5) is 5.00 Å². The standard InChI is InChI=1S/C27H27N3O3S/c1-16-11-12-17-20(14-28)26(34-23(17)13-16)30-24(31)15-33-27(32)25-18-7-3-2-4-9-21(18)29-22-10-6-5-8-19(22)25/h5-6,8,10,16H,2-4,7,9,11-13,15H2,1H3,(H,30,31). The van der Waals surface area contributed by atoms with Crippen molar-refractivity contribution in [1.29, 1.82) is 5.26 Å². The number of nitrogens with one attached hydrogen (secondary N) is 1. The molecule has 1 aromatic carbocycles. The molecule has 5 rings (SSSR count). The van der Waals surface area contributed by atoms with Gasteiger partial charge in [0, 0.05) is 16.0 Å². The summed E-state index contributed by atoms with van der Waals surface area (Å²) < 4.78 is 5.51. The predicted molar refractivity (Wildman–Crippen MR) is 132 cm³/mol. The molecule has 1 atom stereocenters. The summed E-state index contributed by atoms with van der Waals surface area (Å²) in [5, 5.41) is 13.8. The third kappa shape index (κ3) is 4.30. The Hall–Kier alpha value is -3.24. The summed E-state index contributed by atoms with van der Waals surface area (Å²) in [7, 11) is 0. The lowest BCUT2D eigenvalue weighted by Crippen LogP contribution is -2.22. The van der Waals surface area contributed by atoms with Crippen LogP contribution in [0.3, 0.4) is 0 Å². The number of anilines is 1. The summed E-state index contributed by atoms with van der Waals surface area (Å²) in [5.41, 5.74) is 4.84. The minimum Gasteiger partial charge on any atom is -0.452 e. The van der Waals surface area contributed by atoms with Gasteiger partial charge in [-0.2, -0.15) is 5.26 Å². The quantitative estimate of drug-likeness (QED) is 0.407. The van der Waals surface area contributed by atoms with Gasteiger partial charge in [-0.1, -0.05) is 31.5 Å². The largest absolute Gasteiger partial charge is 0.452 e. The van der Waals surface area contributed by atoms with E-state index in [9.17, 15) is 14.9 Å². The highest BCUT2D eigenvalue weighted by Crippen LogP contribution is 2.39. The third-order valence-electron chi connectivity index (χ3n) is 6.83. The SMILES string of the molecule is CC1CCc2c(sc(NC(=O)COC(=O)c3c4c(nc5ccccc35)CCCCC4)c2C#N)C1. The topological polar surface area (TPSA) is 92.1 Å². The second kappa shape index (κ2) is 9.55. The number of thiophene rings is 1. The van der Waals surface area contributed by atoms with Crippen molar-refractivity contribution in [3.8, 4) is 6.07 Å². The summed E-state index contributed by atoms with van der Waals surface area (Å²) in [5.74, 6) is -0.347. The molecule has 1 N–H and O–H groups in total. The fourth-order valence-corrected chi connectivity index (χ4v) is 6.48. The van der Waals surface area contributed by atoms with Gasteiger partial charge in [-0.3, -0.25) is 9.78 Å². The molecule has 0 spiro atoms. The second-order valence-electron chi connectivity index (χ2n) is 9.28. The maximum atomic E-state index is 13.2. The van der Waals surface area contributed by atoms with E-state index in [1.54, 1.807) is 0 Å². The number of aryl methyl sites for hydroxylation is 1. The van der Waals surface area contributed by atoms with Gasteiger partial charge >= 0.3 is 5.97 Å². The normalized spacial score (nSPS) is 17.2. The zero-order chi connectivity index (χ0) is 23.7. The lowest BCUT2D eigenvalue weighted by Gasteiger charge is -2.17. The lowest BCUT2D eigenvalue weighted by atomic mass is 9.89. The molecule has 0 aliphatic heterocycles. The van der Waals surface area contributed by atoms with Crippen molar-refractivity contribution >= 4 is 39.1 Å². The van der Waals surface area contributed by atoms with Crippen molar-refractivity contribution in [2.24, 2.45) is 5.92 Å². The molecule has 1 amide bonds. The van der Waals surface area contributed by atoms with Crippen LogP contribution in [-0.4, -0.2) is 23.5 Å². The van der Waals surface area contributed by atoms with Crippen LogP contribution in [0.2, 0.25) is 0 Å². The molecule has 34 heavy (non-hydrogen) atoms. The molecule has 174 valence electrons. The molecule has 0 bridgehead atoms. The van der Waals surface area contributed by atoms with Crippen LogP contribution >= 0.6 is 11.3 Å². The van der Waals surface area contributed by atoms with Crippen LogP contribution in [0.25, 0.3) is 10.9 Å². The zero-order valence-corrected chi connectivity index (χ0v) is 20.1. The number of ether oxygens (including phenoxy) is 1. The first-order chi connectivity index (χ1) is 16.5. The number of esters is 1. The molecule has 2 aromatic heterocycles. The second-order valence-corrected chi connectivity index (χ2v) is 10.4. The summed E-state index contributed by atoms with van der Waals surface area (Å²) in [6, 6.07) is 9.85. The minimum absolute atomic E-state index is 0.395. The van der Waals surface area contributed by atoms with Gasteiger partial charge < -0.3 is 10.1 Å². The molecular weight excluding hydrogens is 446 g/mol. The molecule has 1 unspecified atom stereocenters. The fourth-order valence-electron chi connectivity index (χ4n) is 5.11. The smallest absolute Gasteiger partial charge is 0.339 e. The van der Waals surface area contributed by atoms with Crippen LogP contribution < -0.4 is 5.32 Å². The number of carbonyl (C=O) groups is 2. The Morgan fingerprint density at radius 2 is 2.00 bits per heavy atom. The van der Waals surface area contributed by atoms with Gasteiger partial charge in [0.05, 0.1) is 16.6 Å². The van der Waals surface area contributed by atoms with E-state index in [-0.39, 0.29) is 0 Å². The lowest BCUT2D eigenvalue weighted by molar-refractivity contribution is -0.119. The number of aromatic nitrogens is 1. The number of nitrogens with zero attached hydrogens (tertiary/aromatic N) is 2. The van der Waals surface area contributed by atoms with Gasteiger partial charge in [-0.05, 0) is 68.1 Å². The number of hydrogen-bond acceptors (Lipinski definition) is 6. The van der Waals surface area contributed by atoms with Crippen molar-refractivity contribution in [1.82, 2.24) is 4.98 Å². The molecule has 0 saturated carbocycles. The number of amides is 1. The molecule has 2 aliphatic rings. The number of benzene rings is 1. The number of hydrogen-bond donors (Lipinski definition) is 1. The molecule has 2 heterocycles. The van der Waals surface area contributed by atoms with E-state index in [0.29, 0.717) is 22.0 Å². The minimum atomic E-state index is -0.494. The molecule has 2 aliphatic carbocycles. The fraction of sp³-hybridized carbons (Fsp3) is 0.407. The van der Waals surface area contributed by atoms with E-state index in [2.05, 4.69) is 18.3 Å². The van der Waals surface area contributed by atoms with Crippen molar-refractivity contribution in [3.05, 3.63) is 57.1 Å². The Labute approximate surface area is 203 Å². The Morgan fingerprint density at radius 1 is 1.18 bits per heavy atom.